The van der Waals surface area contributed by atoms with Crippen molar-refractivity contribution in [3.8, 4) is 0 Å². The Kier molecular flexibility index (Phi) is 3.62. The molecule has 0 amide bonds. The number of rotatable bonds is 2. The smallest absolute Gasteiger partial charge is 0.147 e. The molecule has 0 radical (unpaired) electrons. The fraction of sp³-hybridized carbons (Fsp3) is 0.692. The van der Waals surface area contributed by atoms with Crippen molar-refractivity contribution in [2.45, 2.75) is 39.7 Å². The number of aromatic nitrogens is 2. The maximum atomic E-state index is 6.12. The van der Waals surface area contributed by atoms with Crippen LogP contribution in [0.5, 0.6) is 0 Å². The number of anilines is 1. The van der Waals surface area contributed by atoms with Crippen LogP contribution in [0, 0.1) is 19.8 Å². The first-order chi connectivity index (χ1) is 8.11. The summed E-state index contributed by atoms with van der Waals surface area (Å²) in [6, 6.07) is 0.343. The highest BCUT2D eigenvalue weighted by Crippen LogP contribution is 2.22. The fourth-order valence-corrected chi connectivity index (χ4v) is 2.37. The van der Waals surface area contributed by atoms with Gasteiger partial charge in [0.05, 0.1) is 17.6 Å². The second kappa shape index (κ2) is 5.00. The first kappa shape index (κ1) is 12.3. The molecule has 1 aliphatic heterocycles. The van der Waals surface area contributed by atoms with Crippen LogP contribution in [0.4, 0.5) is 5.82 Å². The standard InChI is InChI=1S/C13H22N4/c1-4-11-8-17(6-5-12(11)14)13-7-15-9(2)10(3)16-13/h7,11-12H,4-6,8,14H2,1-3H3. The number of nitrogens with zero attached hydrogens (tertiary/aromatic N) is 3. The lowest BCUT2D eigenvalue weighted by Gasteiger charge is -2.37. The Morgan fingerprint density at radius 1 is 1.41 bits per heavy atom. The van der Waals surface area contributed by atoms with Crippen molar-refractivity contribution in [1.82, 2.24) is 9.97 Å². The highest BCUT2D eigenvalue weighted by molar-refractivity contribution is 5.38. The summed E-state index contributed by atoms with van der Waals surface area (Å²) in [6.07, 6.45) is 4.06. The van der Waals surface area contributed by atoms with Gasteiger partial charge in [-0.2, -0.15) is 0 Å². The summed E-state index contributed by atoms with van der Waals surface area (Å²) in [7, 11) is 0. The van der Waals surface area contributed by atoms with E-state index in [0.29, 0.717) is 12.0 Å². The van der Waals surface area contributed by atoms with Crippen molar-refractivity contribution < 1.29 is 0 Å². The second-order valence-electron chi connectivity index (χ2n) is 4.97. The van der Waals surface area contributed by atoms with Gasteiger partial charge in [-0.3, -0.25) is 4.98 Å². The molecule has 1 saturated heterocycles. The van der Waals surface area contributed by atoms with Gasteiger partial charge in [0.1, 0.15) is 5.82 Å². The topological polar surface area (TPSA) is 55.0 Å². The molecule has 0 aliphatic carbocycles. The molecular formula is C13H22N4. The van der Waals surface area contributed by atoms with Gasteiger partial charge < -0.3 is 10.6 Å². The average molecular weight is 234 g/mol. The molecule has 2 rings (SSSR count). The summed E-state index contributed by atoms with van der Waals surface area (Å²) in [6.45, 7) is 8.22. The van der Waals surface area contributed by atoms with Crippen LogP contribution >= 0.6 is 0 Å². The minimum Gasteiger partial charge on any atom is -0.355 e. The molecule has 0 spiro atoms. The Bertz CT molecular complexity index is 391. The number of hydrogen-bond donors (Lipinski definition) is 1. The van der Waals surface area contributed by atoms with Gasteiger partial charge >= 0.3 is 0 Å². The highest BCUT2D eigenvalue weighted by Gasteiger charge is 2.26. The number of nitrogens with two attached hydrogens (primary N) is 1. The molecule has 4 heteroatoms. The van der Waals surface area contributed by atoms with E-state index in [2.05, 4.69) is 21.8 Å². The van der Waals surface area contributed by atoms with Gasteiger partial charge in [0.15, 0.2) is 0 Å². The van der Waals surface area contributed by atoms with E-state index in [1.165, 1.54) is 0 Å². The second-order valence-corrected chi connectivity index (χ2v) is 4.97. The van der Waals surface area contributed by atoms with Crippen molar-refractivity contribution in [2.24, 2.45) is 11.7 Å². The van der Waals surface area contributed by atoms with Crippen LogP contribution in [0.15, 0.2) is 6.20 Å². The maximum Gasteiger partial charge on any atom is 0.147 e. The maximum absolute atomic E-state index is 6.12. The van der Waals surface area contributed by atoms with Crippen LogP contribution in [-0.4, -0.2) is 29.1 Å². The van der Waals surface area contributed by atoms with Crippen LogP contribution in [-0.2, 0) is 0 Å². The van der Waals surface area contributed by atoms with E-state index in [-0.39, 0.29) is 0 Å². The summed E-state index contributed by atoms with van der Waals surface area (Å²) >= 11 is 0. The van der Waals surface area contributed by atoms with Gasteiger partial charge in [0.25, 0.3) is 0 Å². The Hall–Kier alpha value is -1.16. The van der Waals surface area contributed by atoms with Crippen LogP contribution in [0.2, 0.25) is 0 Å². The molecule has 2 N–H and O–H groups in total. The SMILES string of the molecule is CCC1CN(c2cnc(C)c(C)n2)CCC1N. The van der Waals surface area contributed by atoms with E-state index in [1.807, 2.05) is 20.0 Å². The summed E-state index contributed by atoms with van der Waals surface area (Å²) < 4.78 is 0. The predicted molar refractivity (Wildman–Crippen MR) is 70.1 cm³/mol. The molecule has 1 fully saturated rings. The minimum absolute atomic E-state index is 0.343. The summed E-state index contributed by atoms with van der Waals surface area (Å²) in [5, 5.41) is 0. The zero-order valence-corrected chi connectivity index (χ0v) is 11.0. The first-order valence-corrected chi connectivity index (χ1v) is 6.42. The summed E-state index contributed by atoms with van der Waals surface area (Å²) in [5.41, 5.74) is 8.15. The van der Waals surface area contributed by atoms with Gasteiger partial charge in [-0.25, -0.2) is 4.98 Å². The van der Waals surface area contributed by atoms with Crippen LogP contribution < -0.4 is 10.6 Å². The molecule has 2 atom stereocenters. The van der Waals surface area contributed by atoms with Crippen LogP contribution in [0.3, 0.4) is 0 Å². The Morgan fingerprint density at radius 2 is 2.18 bits per heavy atom. The van der Waals surface area contributed by atoms with Crippen molar-refractivity contribution in [3.05, 3.63) is 17.6 Å². The normalized spacial score (nSPS) is 25.1. The van der Waals surface area contributed by atoms with Crippen LogP contribution in [0.25, 0.3) is 0 Å². The average Bonchev–Trinajstić information content (AvgIpc) is 2.33. The third-order valence-electron chi connectivity index (χ3n) is 3.82. The highest BCUT2D eigenvalue weighted by atomic mass is 15.2. The molecule has 2 heterocycles. The largest absolute Gasteiger partial charge is 0.355 e. The number of aryl methyl sites for hydroxylation is 2. The van der Waals surface area contributed by atoms with Gasteiger partial charge in [0, 0.05) is 19.1 Å². The summed E-state index contributed by atoms with van der Waals surface area (Å²) in [4.78, 5) is 11.3. The Balaban J connectivity index is 2.14. The van der Waals surface area contributed by atoms with E-state index < -0.39 is 0 Å². The van der Waals surface area contributed by atoms with E-state index in [1.54, 1.807) is 0 Å². The molecule has 0 aromatic carbocycles. The third kappa shape index (κ3) is 2.57. The molecular weight excluding hydrogens is 212 g/mol. The van der Waals surface area contributed by atoms with Crippen LogP contribution in [0.1, 0.15) is 31.2 Å². The number of hydrogen-bond acceptors (Lipinski definition) is 4. The summed E-state index contributed by atoms with van der Waals surface area (Å²) in [5.74, 6) is 1.57. The molecule has 0 saturated carbocycles. The minimum atomic E-state index is 0.343. The zero-order valence-electron chi connectivity index (χ0n) is 11.0. The van der Waals surface area contributed by atoms with Crippen molar-refractivity contribution in [3.63, 3.8) is 0 Å². The van der Waals surface area contributed by atoms with Gasteiger partial charge in [0.2, 0.25) is 0 Å². The van der Waals surface area contributed by atoms with Crippen molar-refractivity contribution >= 4 is 5.82 Å². The zero-order chi connectivity index (χ0) is 12.4. The quantitative estimate of drug-likeness (QED) is 0.845. The number of piperidine rings is 1. The van der Waals surface area contributed by atoms with E-state index in [0.717, 1.165) is 43.1 Å². The molecule has 1 aliphatic rings. The fourth-order valence-electron chi connectivity index (χ4n) is 2.37. The lowest BCUT2D eigenvalue weighted by atomic mass is 9.91. The molecule has 4 nitrogen and oxygen atoms in total. The van der Waals surface area contributed by atoms with Gasteiger partial charge in [-0.05, 0) is 26.2 Å². The first-order valence-electron chi connectivity index (χ1n) is 6.42. The molecule has 1 aromatic rings. The molecule has 17 heavy (non-hydrogen) atoms. The lowest BCUT2D eigenvalue weighted by Crippen LogP contribution is -2.47. The molecule has 2 unspecified atom stereocenters. The van der Waals surface area contributed by atoms with Gasteiger partial charge in [-0.1, -0.05) is 13.3 Å². The van der Waals surface area contributed by atoms with Gasteiger partial charge in [-0.15, -0.1) is 0 Å². The molecule has 94 valence electrons. The Morgan fingerprint density at radius 3 is 2.82 bits per heavy atom. The van der Waals surface area contributed by atoms with E-state index in [9.17, 15) is 0 Å². The van der Waals surface area contributed by atoms with E-state index in [4.69, 9.17) is 5.73 Å². The monoisotopic (exact) mass is 234 g/mol. The third-order valence-corrected chi connectivity index (χ3v) is 3.82. The van der Waals surface area contributed by atoms with Crippen molar-refractivity contribution in [1.29, 1.82) is 0 Å². The van der Waals surface area contributed by atoms with Crippen molar-refractivity contribution in [2.75, 3.05) is 18.0 Å². The lowest BCUT2D eigenvalue weighted by molar-refractivity contribution is 0.346. The van der Waals surface area contributed by atoms with E-state index >= 15 is 0 Å². The molecule has 0 bridgehead atoms. The predicted octanol–water partition coefficient (Wildman–Crippen LogP) is 1.66. The molecule has 1 aromatic heterocycles. The Labute approximate surface area is 103 Å².